The lowest BCUT2D eigenvalue weighted by Crippen LogP contribution is -2.24. The number of para-hydroxylation sites is 2. The van der Waals surface area contributed by atoms with E-state index in [-0.39, 0.29) is 23.3 Å². The molecule has 0 bridgehead atoms. The van der Waals surface area contributed by atoms with E-state index >= 15 is 0 Å². The highest BCUT2D eigenvalue weighted by atomic mass is 32.2. The van der Waals surface area contributed by atoms with E-state index in [4.69, 9.17) is 9.97 Å². The number of amides is 1. The zero-order valence-electron chi connectivity index (χ0n) is 16.5. The number of hydrogen-bond donors (Lipinski definition) is 1. The summed E-state index contributed by atoms with van der Waals surface area (Å²) in [5.41, 5.74) is 3.99. The van der Waals surface area contributed by atoms with Gasteiger partial charge in [-0.2, -0.15) is 0 Å². The van der Waals surface area contributed by atoms with E-state index in [0.717, 1.165) is 27.9 Å². The third-order valence-electron chi connectivity index (χ3n) is 4.63. The van der Waals surface area contributed by atoms with E-state index < -0.39 is 0 Å². The standard InChI is InChI=1S/C24H19F2N3OS/c25-18-9-5-16(6-10-18)13-22-24(29-21-4-2-1-3-20(21)28-22)31-15-23(30)27-14-17-7-11-19(26)12-8-17/h1-12H,13-15H2,(H,27,30). The zero-order valence-corrected chi connectivity index (χ0v) is 17.3. The molecule has 31 heavy (non-hydrogen) atoms. The molecule has 4 nitrogen and oxygen atoms in total. The number of aromatic nitrogens is 2. The highest BCUT2D eigenvalue weighted by Crippen LogP contribution is 2.24. The van der Waals surface area contributed by atoms with Crippen LogP contribution in [-0.4, -0.2) is 21.6 Å². The maximum Gasteiger partial charge on any atom is 0.230 e. The van der Waals surface area contributed by atoms with Crippen molar-refractivity contribution < 1.29 is 13.6 Å². The number of hydrogen-bond acceptors (Lipinski definition) is 4. The summed E-state index contributed by atoms with van der Waals surface area (Å²) >= 11 is 1.31. The Morgan fingerprint density at radius 3 is 2.03 bits per heavy atom. The molecule has 0 spiro atoms. The van der Waals surface area contributed by atoms with Gasteiger partial charge in [0.25, 0.3) is 0 Å². The fourth-order valence-electron chi connectivity index (χ4n) is 3.03. The first-order chi connectivity index (χ1) is 15.1. The lowest BCUT2D eigenvalue weighted by Gasteiger charge is -2.10. The summed E-state index contributed by atoms with van der Waals surface area (Å²) in [6.07, 6.45) is 0.484. The van der Waals surface area contributed by atoms with E-state index in [0.29, 0.717) is 18.0 Å². The summed E-state index contributed by atoms with van der Waals surface area (Å²) in [5.74, 6) is -0.586. The van der Waals surface area contributed by atoms with Crippen LogP contribution in [0.3, 0.4) is 0 Å². The highest BCUT2D eigenvalue weighted by Gasteiger charge is 2.13. The maximum atomic E-state index is 13.2. The second-order valence-corrected chi connectivity index (χ2v) is 7.92. The molecule has 0 saturated carbocycles. The molecule has 7 heteroatoms. The number of carbonyl (C=O) groups is 1. The van der Waals surface area contributed by atoms with E-state index in [2.05, 4.69) is 5.32 Å². The van der Waals surface area contributed by atoms with Gasteiger partial charge in [0.1, 0.15) is 16.7 Å². The van der Waals surface area contributed by atoms with Crippen LogP contribution in [0, 0.1) is 11.6 Å². The SMILES string of the molecule is O=C(CSc1nc2ccccc2nc1Cc1ccc(F)cc1)NCc1ccc(F)cc1. The zero-order chi connectivity index (χ0) is 21.6. The molecule has 0 unspecified atom stereocenters. The normalized spacial score (nSPS) is 10.9. The number of fused-ring (bicyclic) bond motifs is 1. The molecule has 1 aromatic heterocycles. The average molecular weight is 435 g/mol. The first kappa shape index (κ1) is 20.9. The highest BCUT2D eigenvalue weighted by molar-refractivity contribution is 7.99. The van der Waals surface area contributed by atoms with Crippen molar-refractivity contribution in [3.8, 4) is 0 Å². The number of nitrogens with zero attached hydrogens (tertiary/aromatic N) is 2. The van der Waals surface area contributed by atoms with Gasteiger partial charge in [-0.15, -0.1) is 0 Å². The predicted octanol–water partition coefficient (Wildman–Crippen LogP) is 4.91. The second-order valence-electron chi connectivity index (χ2n) is 6.96. The van der Waals surface area contributed by atoms with Gasteiger partial charge in [-0.25, -0.2) is 18.7 Å². The molecule has 4 aromatic rings. The number of nitrogens with one attached hydrogen (secondary N) is 1. The van der Waals surface area contributed by atoms with Gasteiger partial charge in [0.2, 0.25) is 5.91 Å². The minimum atomic E-state index is -0.311. The number of rotatable bonds is 7. The number of carbonyl (C=O) groups excluding carboxylic acids is 1. The van der Waals surface area contributed by atoms with Crippen molar-refractivity contribution in [2.45, 2.75) is 18.0 Å². The van der Waals surface area contributed by atoms with Crippen LogP contribution in [-0.2, 0) is 17.8 Å². The molecule has 0 aliphatic rings. The Morgan fingerprint density at radius 1 is 0.806 bits per heavy atom. The Kier molecular flexibility index (Phi) is 6.52. The molecule has 1 N–H and O–H groups in total. The van der Waals surface area contributed by atoms with Crippen molar-refractivity contribution in [3.63, 3.8) is 0 Å². The maximum absolute atomic E-state index is 13.2. The predicted molar refractivity (Wildman–Crippen MR) is 118 cm³/mol. The summed E-state index contributed by atoms with van der Waals surface area (Å²) in [6, 6.07) is 19.8. The van der Waals surface area contributed by atoms with Crippen molar-refractivity contribution in [1.82, 2.24) is 15.3 Å². The number of halogens is 2. The quantitative estimate of drug-likeness (QED) is 0.419. The molecule has 0 aliphatic heterocycles. The first-order valence-corrected chi connectivity index (χ1v) is 10.7. The summed E-state index contributed by atoms with van der Waals surface area (Å²) in [6.45, 7) is 0.325. The molecule has 0 saturated heterocycles. The molecule has 1 amide bonds. The Morgan fingerprint density at radius 2 is 1.39 bits per heavy atom. The third kappa shape index (κ3) is 5.64. The molecule has 0 aliphatic carbocycles. The summed E-state index contributed by atoms with van der Waals surface area (Å²) in [7, 11) is 0. The lowest BCUT2D eigenvalue weighted by molar-refractivity contribution is -0.118. The van der Waals surface area contributed by atoms with Crippen LogP contribution in [0.2, 0.25) is 0 Å². The number of benzene rings is 3. The molecule has 156 valence electrons. The van der Waals surface area contributed by atoms with E-state index in [1.165, 1.54) is 36.0 Å². The van der Waals surface area contributed by atoms with E-state index in [1.54, 1.807) is 24.3 Å². The summed E-state index contributed by atoms with van der Waals surface area (Å²) in [5, 5.41) is 3.50. The Bertz CT molecular complexity index is 1200. The van der Waals surface area contributed by atoms with Crippen LogP contribution in [0.5, 0.6) is 0 Å². The van der Waals surface area contributed by atoms with E-state index in [9.17, 15) is 13.6 Å². The van der Waals surface area contributed by atoms with Gasteiger partial charge in [-0.05, 0) is 47.5 Å². The van der Waals surface area contributed by atoms with Crippen molar-refractivity contribution in [2.75, 3.05) is 5.75 Å². The fraction of sp³-hybridized carbons (Fsp3) is 0.125. The minimum Gasteiger partial charge on any atom is -0.351 e. The van der Waals surface area contributed by atoms with Crippen molar-refractivity contribution >= 4 is 28.7 Å². The van der Waals surface area contributed by atoms with Crippen LogP contribution in [0.4, 0.5) is 8.78 Å². The van der Waals surface area contributed by atoms with Gasteiger partial charge in [-0.1, -0.05) is 48.2 Å². The third-order valence-corrected chi connectivity index (χ3v) is 5.64. The van der Waals surface area contributed by atoms with Gasteiger partial charge in [0, 0.05) is 13.0 Å². The Hall–Kier alpha value is -3.32. The van der Waals surface area contributed by atoms with Crippen LogP contribution >= 0.6 is 11.8 Å². The summed E-state index contributed by atoms with van der Waals surface area (Å²) < 4.78 is 26.2. The van der Waals surface area contributed by atoms with Crippen molar-refractivity contribution in [2.24, 2.45) is 0 Å². The molecule has 1 heterocycles. The van der Waals surface area contributed by atoms with Crippen LogP contribution < -0.4 is 5.32 Å². The molecule has 0 atom stereocenters. The fourth-order valence-corrected chi connectivity index (χ4v) is 3.85. The molecular weight excluding hydrogens is 416 g/mol. The van der Waals surface area contributed by atoms with Gasteiger partial charge in [0.05, 0.1) is 22.5 Å². The lowest BCUT2D eigenvalue weighted by atomic mass is 10.1. The van der Waals surface area contributed by atoms with Gasteiger partial charge >= 0.3 is 0 Å². The smallest absolute Gasteiger partial charge is 0.230 e. The van der Waals surface area contributed by atoms with Gasteiger partial charge in [-0.3, -0.25) is 4.79 Å². The largest absolute Gasteiger partial charge is 0.351 e. The average Bonchev–Trinajstić information content (AvgIpc) is 2.78. The number of thioether (sulfide) groups is 1. The molecule has 0 fully saturated rings. The monoisotopic (exact) mass is 435 g/mol. The van der Waals surface area contributed by atoms with Crippen molar-refractivity contribution in [1.29, 1.82) is 0 Å². The summed E-state index contributed by atoms with van der Waals surface area (Å²) in [4.78, 5) is 21.8. The molecule has 0 radical (unpaired) electrons. The topological polar surface area (TPSA) is 54.9 Å². The Balaban J connectivity index is 1.47. The first-order valence-electron chi connectivity index (χ1n) is 9.71. The Labute approximate surface area is 182 Å². The molecule has 3 aromatic carbocycles. The second kappa shape index (κ2) is 9.66. The van der Waals surface area contributed by atoms with Gasteiger partial charge in [0.15, 0.2) is 0 Å². The van der Waals surface area contributed by atoms with Crippen LogP contribution in [0.25, 0.3) is 11.0 Å². The van der Waals surface area contributed by atoms with Crippen molar-refractivity contribution in [3.05, 3.63) is 101 Å². The minimum absolute atomic E-state index is 0.156. The van der Waals surface area contributed by atoms with Gasteiger partial charge < -0.3 is 5.32 Å². The van der Waals surface area contributed by atoms with Crippen LogP contribution in [0.1, 0.15) is 16.8 Å². The van der Waals surface area contributed by atoms with E-state index in [1.807, 2.05) is 24.3 Å². The molecular formula is C24H19F2N3OS. The van der Waals surface area contributed by atoms with Crippen LogP contribution in [0.15, 0.2) is 77.8 Å². The molecule has 4 rings (SSSR count).